The maximum absolute atomic E-state index is 9.09. The van der Waals surface area contributed by atoms with E-state index in [9.17, 15) is 0 Å². The summed E-state index contributed by atoms with van der Waals surface area (Å²) >= 11 is 0. The van der Waals surface area contributed by atoms with E-state index in [0.29, 0.717) is 13.1 Å². The number of rotatable bonds is 12. The fourth-order valence-corrected chi connectivity index (χ4v) is 6.51. The molecule has 0 saturated carbocycles. The van der Waals surface area contributed by atoms with E-state index in [1.54, 1.807) is 0 Å². The zero-order valence-electron chi connectivity index (χ0n) is 27.7. The van der Waals surface area contributed by atoms with Crippen LogP contribution in [0.5, 0.6) is 0 Å². The number of aliphatic hydroxyl groups excluding tert-OH is 2. The van der Waals surface area contributed by atoms with Crippen LogP contribution in [0.2, 0.25) is 0 Å². The first-order valence-electron chi connectivity index (χ1n) is 16.8. The minimum absolute atomic E-state index is 0.0768. The molecule has 2 N–H and O–H groups in total. The summed E-state index contributed by atoms with van der Waals surface area (Å²) in [6.45, 7) is 4.30. The Labute approximate surface area is 285 Å². The Bertz CT molecular complexity index is 1630. The molecule has 6 rings (SSSR count). The van der Waals surface area contributed by atoms with Gasteiger partial charge in [0, 0.05) is 30.9 Å². The molecule has 5 heteroatoms. The summed E-state index contributed by atoms with van der Waals surface area (Å²) in [6.07, 6.45) is 7.10. The van der Waals surface area contributed by atoms with Gasteiger partial charge in [0.2, 0.25) is 0 Å². The maximum Gasteiger partial charge on any atom is 0.169 e. The largest absolute Gasteiger partial charge is 0.395 e. The molecule has 5 aromatic carbocycles. The van der Waals surface area contributed by atoms with Crippen LogP contribution < -0.4 is 31.3 Å². The fourth-order valence-electron chi connectivity index (χ4n) is 6.51. The molecule has 0 aliphatic rings. The maximum atomic E-state index is 9.09. The Morgan fingerprint density at radius 2 is 0.854 bits per heavy atom. The number of aromatic nitrogens is 1. The number of nitrogens with zero attached hydrogens (tertiary/aromatic N) is 2. The van der Waals surface area contributed by atoms with Crippen LogP contribution in [-0.2, 0) is 6.54 Å². The lowest BCUT2D eigenvalue weighted by Crippen LogP contribution is -2.74. The normalized spacial score (nSPS) is 11.1. The van der Waals surface area contributed by atoms with Crippen LogP contribution in [0.4, 0.5) is 5.69 Å². The molecule has 0 aliphatic heterocycles. The number of hydrogen-bond donors (Lipinski definition) is 2. The van der Waals surface area contributed by atoms with Crippen LogP contribution in [0.1, 0.15) is 18.1 Å². The van der Waals surface area contributed by atoms with Crippen molar-refractivity contribution < 1.29 is 14.8 Å². The van der Waals surface area contributed by atoms with Crippen molar-refractivity contribution in [3.05, 3.63) is 181 Å². The van der Waals surface area contributed by atoms with Crippen molar-refractivity contribution in [2.75, 3.05) is 31.2 Å². The van der Waals surface area contributed by atoms with E-state index >= 15 is 0 Å². The number of pyridine rings is 1. The lowest BCUT2D eigenvalue weighted by molar-refractivity contribution is -0.693. The van der Waals surface area contributed by atoms with Gasteiger partial charge in [0.1, 0.15) is 12.7 Å². The Hall–Kier alpha value is -5.23. The third kappa shape index (κ3) is 8.37. The second kappa shape index (κ2) is 17.6. The standard InChI is InChI=1S/C24H20B.C19H25N2O2/c1-5-13-21(14-6-1)25(22-15-7-2-8-16-22,23-17-9-3-10-18-23)24-19-11-4-12-20-24;1-2-20-11-9-18(10-12-20)4-3-17-5-7-19(8-6-17)21(13-15-22)14-16-23/h1-20H;3-12,22-23H,2,13-16H2,1H3/q-1;+1. The first-order valence-corrected chi connectivity index (χ1v) is 16.8. The van der Waals surface area contributed by atoms with E-state index < -0.39 is 6.15 Å². The van der Waals surface area contributed by atoms with Crippen molar-refractivity contribution in [2.24, 2.45) is 0 Å². The highest BCUT2D eigenvalue weighted by Gasteiger charge is 2.31. The molecule has 6 aromatic rings. The molecule has 1 heterocycles. The molecule has 0 aliphatic carbocycles. The number of anilines is 1. The molecule has 4 nitrogen and oxygen atoms in total. The summed E-state index contributed by atoms with van der Waals surface area (Å²) in [5.74, 6) is 0. The molecular formula is C43H45BN2O2. The topological polar surface area (TPSA) is 47.6 Å². The van der Waals surface area contributed by atoms with E-state index in [4.69, 9.17) is 10.2 Å². The SMILES string of the molecule is CC[n+]1ccc(/C=C/c2ccc(N(CCO)CCO)cc2)cc1.c1ccc([B-](c2ccccc2)(c2ccccc2)c2ccccc2)cc1. The third-order valence-electron chi connectivity index (χ3n) is 8.95. The van der Waals surface area contributed by atoms with Crippen LogP contribution in [0, 0.1) is 0 Å². The third-order valence-corrected chi connectivity index (χ3v) is 8.95. The van der Waals surface area contributed by atoms with Crippen molar-refractivity contribution in [2.45, 2.75) is 13.5 Å². The van der Waals surface area contributed by atoms with Crippen LogP contribution in [0.15, 0.2) is 170 Å². The minimum Gasteiger partial charge on any atom is -0.395 e. The molecule has 0 fully saturated rings. The van der Waals surface area contributed by atoms with E-state index in [2.05, 4.69) is 169 Å². The van der Waals surface area contributed by atoms with Crippen LogP contribution in [0.25, 0.3) is 12.2 Å². The van der Waals surface area contributed by atoms with Gasteiger partial charge in [0.15, 0.2) is 12.4 Å². The van der Waals surface area contributed by atoms with Gasteiger partial charge in [0.05, 0.1) is 13.2 Å². The Balaban J connectivity index is 0.000000189. The zero-order chi connectivity index (χ0) is 33.4. The molecule has 0 bridgehead atoms. The van der Waals surface area contributed by atoms with E-state index in [1.807, 2.05) is 29.2 Å². The Kier molecular flexibility index (Phi) is 12.5. The Morgan fingerprint density at radius 3 is 1.19 bits per heavy atom. The molecule has 0 unspecified atom stereocenters. The number of hydrogen-bond acceptors (Lipinski definition) is 3. The molecule has 0 saturated heterocycles. The van der Waals surface area contributed by atoms with Crippen molar-refractivity contribution in [1.29, 1.82) is 0 Å². The lowest BCUT2D eigenvalue weighted by Gasteiger charge is -2.44. The summed E-state index contributed by atoms with van der Waals surface area (Å²) in [5.41, 5.74) is 8.65. The highest BCUT2D eigenvalue weighted by Crippen LogP contribution is 2.16. The number of aliphatic hydroxyl groups is 2. The van der Waals surface area contributed by atoms with Gasteiger partial charge < -0.3 is 15.1 Å². The van der Waals surface area contributed by atoms with Crippen molar-refractivity contribution in [1.82, 2.24) is 0 Å². The zero-order valence-corrected chi connectivity index (χ0v) is 27.7. The first kappa shape index (κ1) is 34.1. The highest BCUT2D eigenvalue weighted by molar-refractivity contribution is 7.19. The quantitative estimate of drug-likeness (QED) is 0.147. The van der Waals surface area contributed by atoms with E-state index in [0.717, 1.165) is 17.8 Å². The average Bonchev–Trinajstić information content (AvgIpc) is 3.17. The monoisotopic (exact) mass is 632 g/mol. The van der Waals surface area contributed by atoms with Gasteiger partial charge in [-0.3, -0.25) is 0 Å². The van der Waals surface area contributed by atoms with Gasteiger partial charge in [-0.1, -0.05) is 146 Å². The number of benzene rings is 5. The van der Waals surface area contributed by atoms with Gasteiger partial charge >= 0.3 is 0 Å². The second-order valence-corrected chi connectivity index (χ2v) is 11.8. The predicted molar refractivity (Wildman–Crippen MR) is 204 cm³/mol. The summed E-state index contributed by atoms with van der Waals surface area (Å²) in [7, 11) is 0. The molecule has 1 aromatic heterocycles. The molecule has 48 heavy (non-hydrogen) atoms. The van der Waals surface area contributed by atoms with Crippen molar-refractivity contribution in [3.8, 4) is 0 Å². The lowest BCUT2D eigenvalue weighted by atomic mass is 9.13. The van der Waals surface area contributed by atoms with Gasteiger partial charge in [-0.05, 0) is 30.2 Å². The highest BCUT2D eigenvalue weighted by atomic mass is 16.3. The minimum atomic E-state index is -1.22. The molecule has 0 spiro atoms. The smallest absolute Gasteiger partial charge is 0.169 e. The fraction of sp³-hybridized carbons (Fsp3) is 0.140. The van der Waals surface area contributed by atoms with Crippen molar-refractivity contribution >= 4 is 45.8 Å². The Morgan fingerprint density at radius 1 is 0.500 bits per heavy atom. The van der Waals surface area contributed by atoms with Gasteiger partial charge in [0.25, 0.3) is 0 Å². The predicted octanol–water partition coefficient (Wildman–Crippen LogP) is 5.02. The first-order chi connectivity index (χ1) is 23.7. The molecule has 0 amide bonds. The molecule has 0 radical (unpaired) electrons. The second-order valence-electron chi connectivity index (χ2n) is 11.8. The van der Waals surface area contributed by atoms with Gasteiger partial charge in [-0.2, -0.15) is 21.9 Å². The van der Waals surface area contributed by atoms with Crippen molar-refractivity contribution in [3.63, 3.8) is 0 Å². The average molecular weight is 633 g/mol. The van der Waals surface area contributed by atoms with E-state index in [-0.39, 0.29) is 13.2 Å². The summed E-state index contributed by atoms with van der Waals surface area (Å²) in [5, 5.41) is 18.2. The van der Waals surface area contributed by atoms with Gasteiger partial charge in [-0.15, -0.1) is 0 Å². The molecule has 242 valence electrons. The summed E-state index contributed by atoms with van der Waals surface area (Å²) < 4.78 is 2.13. The van der Waals surface area contributed by atoms with Crippen LogP contribution >= 0.6 is 0 Å². The van der Waals surface area contributed by atoms with Crippen LogP contribution in [0.3, 0.4) is 0 Å². The molecule has 0 atom stereocenters. The number of aryl methyl sites for hydroxylation is 1. The van der Waals surface area contributed by atoms with Gasteiger partial charge in [-0.25, -0.2) is 4.57 Å². The van der Waals surface area contributed by atoms with E-state index in [1.165, 1.54) is 27.4 Å². The molecular weight excluding hydrogens is 587 g/mol. The van der Waals surface area contributed by atoms with Crippen LogP contribution in [-0.4, -0.2) is 42.7 Å². The summed E-state index contributed by atoms with van der Waals surface area (Å²) in [6, 6.07) is 55.8. The summed E-state index contributed by atoms with van der Waals surface area (Å²) in [4.78, 5) is 1.97.